The van der Waals surface area contributed by atoms with Crippen molar-refractivity contribution in [2.75, 3.05) is 12.4 Å². The van der Waals surface area contributed by atoms with Crippen molar-refractivity contribution in [3.63, 3.8) is 0 Å². The molecule has 0 radical (unpaired) electrons. The molecule has 2 rings (SSSR count). The van der Waals surface area contributed by atoms with E-state index in [0.717, 1.165) is 36.6 Å². The Bertz CT molecular complexity index is 353. The van der Waals surface area contributed by atoms with Gasteiger partial charge in [-0.25, -0.2) is 4.98 Å². The summed E-state index contributed by atoms with van der Waals surface area (Å²) in [6, 6.07) is 0.500. The lowest BCUT2D eigenvalue weighted by molar-refractivity contribution is 0.108. The molecule has 4 nitrogen and oxygen atoms in total. The van der Waals surface area contributed by atoms with E-state index >= 15 is 0 Å². The monoisotopic (exact) mass is 255 g/mol. The van der Waals surface area contributed by atoms with Gasteiger partial charge in [-0.3, -0.25) is 0 Å². The van der Waals surface area contributed by atoms with Crippen LogP contribution in [-0.2, 0) is 11.2 Å². The largest absolute Gasteiger partial charge is 0.381 e. The summed E-state index contributed by atoms with van der Waals surface area (Å²) >= 11 is 1.47. The number of methoxy groups -OCH3 is 1. The summed E-state index contributed by atoms with van der Waals surface area (Å²) in [5, 5.41) is 4.42. The van der Waals surface area contributed by atoms with Gasteiger partial charge in [0.05, 0.1) is 6.10 Å². The third-order valence-corrected chi connectivity index (χ3v) is 3.79. The Morgan fingerprint density at radius 2 is 2.29 bits per heavy atom. The molecule has 0 amide bonds. The topological polar surface area (TPSA) is 47.0 Å². The summed E-state index contributed by atoms with van der Waals surface area (Å²) in [6.45, 7) is 4.38. The number of nitrogens with zero attached hydrogens (tertiary/aromatic N) is 2. The highest BCUT2D eigenvalue weighted by Gasteiger charge is 2.25. The molecule has 1 saturated carbocycles. The Morgan fingerprint density at radius 1 is 1.47 bits per heavy atom. The van der Waals surface area contributed by atoms with Crippen molar-refractivity contribution in [2.24, 2.45) is 5.92 Å². The summed E-state index contributed by atoms with van der Waals surface area (Å²) in [5.74, 6) is 1.58. The van der Waals surface area contributed by atoms with Gasteiger partial charge in [0.15, 0.2) is 0 Å². The van der Waals surface area contributed by atoms with Crippen molar-refractivity contribution < 1.29 is 4.74 Å². The predicted molar refractivity (Wildman–Crippen MR) is 70.5 cm³/mol. The zero-order chi connectivity index (χ0) is 12.3. The van der Waals surface area contributed by atoms with Crippen molar-refractivity contribution in [3.8, 4) is 0 Å². The lowest BCUT2D eigenvalue weighted by Gasteiger charge is -2.10. The zero-order valence-corrected chi connectivity index (χ0v) is 11.6. The number of ether oxygens (including phenoxy) is 1. The first-order valence-electron chi connectivity index (χ1n) is 6.29. The maximum absolute atomic E-state index is 5.36. The molecule has 1 aliphatic carbocycles. The van der Waals surface area contributed by atoms with E-state index < -0.39 is 0 Å². The molecule has 1 N–H and O–H groups in total. The quantitative estimate of drug-likeness (QED) is 0.879. The van der Waals surface area contributed by atoms with Gasteiger partial charge < -0.3 is 10.1 Å². The van der Waals surface area contributed by atoms with Crippen LogP contribution < -0.4 is 5.32 Å². The molecule has 1 fully saturated rings. The molecule has 0 aromatic carbocycles. The van der Waals surface area contributed by atoms with Crippen LogP contribution in [0.15, 0.2) is 0 Å². The maximum Gasteiger partial charge on any atom is 0.202 e. The molecule has 17 heavy (non-hydrogen) atoms. The molecular formula is C12H21N3OS. The standard InChI is InChI=1S/C12H21N3OS/c1-8(2)6-11-14-12(17-15-11)13-9-4-5-10(7-9)16-3/h8-10H,4-7H2,1-3H3,(H,13,14,15). The zero-order valence-electron chi connectivity index (χ0n) is 10.8. The second-order valence-corrected chi connectivity index (χ2v) is 5.88. The van der Waals surface area contributed by atoms with Crippen LogP contribution in [0.3, 0.4) is 0 Å². The van der Waals surface area contributed by atoms with Gasteiger partial charge in [0.2, 0.25) is 5.13 Å². The molecule has 96 valence electrons. The van der Waals surface area contributed by atoms with E-state index in [-0.39, 0.29) is 0 Å². The summed E-state index contributed by atoms with van der Waals surface area (Å²) in [7, 11) is 1.79. The minimum Gasteiger partial charge on any atom is -0.381 e. The Morgan fingerprint density at radius 3 is 2.94 bits per heavy atom. The summed E-state index contributed by atoms with van der Waals surface area (Å²) in [6.07, 6.45) is 4.76. The highest BCUT2D eigenvalue weighted by molar-refractivity contribution is 7.09. The van der Waals surface area contributed by atoms with Crippen molar-refractivity contribution in [1.29, 1.82) is 0 Å². The average molecular weight is 255 g/mol. The number of anilines is 1. The van der Waals surface area contributed by atoms with E-state index in [4.69, 9.17) is 4.74 Å². The molecule has 2 atom stereocenters. The Labute approximate surface area is 107 Å². The summed E-state index contributed by atoms with van der Waals surface area (Å²) < 4.78 is 9.74. The van der Waals surface area contributed by atoms with E-state index in [9.17, 15) is 0 Å². The van der Waals surface area contributed by atoms with Crippen LogP contribution in [-0.4, -0.2) is 28.6 Å². The van der Waals surface area contributed by atoms with E-state index in [1.807, 2.05) is 0 Å². The van der Waals surface area contributed by atoms with Gasteiger partial charge in [0, 0.05) is 31.1 Å². The highest BCUT2D eigenvalue weighted by Crippen LogP contribution is 2.25. The number of hydrogen-bond donors (Lipinski definition) is 1. The smallest absolute Gasteiger partial charge is 0.202 e. The van der Waals surface area contributed by atoms with Crippen LogP contribution in [0, 0.1) is 5.92 Å². The molecule has 0 bridgehead atoms. The van der Waals surface area contributed by atoms with Gasteiger partial charge in [-0.15, -0.1) is 0 Å². The molecule has 1 aromatic heterocycles. The van der Waals surface area contributed by atoms with Crippen LogP contribution in [0.1, 0.15) is 38.9 Å². The number of nitrogens with one attached hydrogen (secondary N) is 1. The predicted octanol–water partition coefficient (Wildman–Crippen LogP) is 2.72. The minimum atomic E-state index is 0.413. The van der Waals surface area contributed by atoms with Gasteiger partial charge in [-0.05, 0) is 25.2 Å². The van der Waals surface area contributed by atoms with Crippen LogP contribution in [0.5, 0.6) is 0 Å². The Kier molecular flexibility index (Phi) is 4.34. The normalized spacial score (nSPS) is 24.5. The third-order valence-electron chi connectivity index (χ3n) is 3.10. The third kappa shape index (κ3) is 3.64. The Balaban J connectivity index is 1.85. The first-order valence-corrected chi connectivity index (χ1v) is 7.06. The highest BCUT2D eigenvalue weighted by atomic mass is 32.1. The van der Waals surface area contributed by atoms with Gasteiger partial charge in [-0.2, -0.15) is 4.37 Å². The van der Waals surface area contributed by atoms with Crippen LogP contribution in [0.25, 0.3) is 0 Å². The lowest BCUT2D eigenvalue weighted by atomic mass is 10.1. The number of rotatable bonds is 5. The van der Waals surface area contributed by atoms with Crippen molar-refractivity contribution in [3.05, 3.63) is 5.82 Å². The first kappa shape index (κ1) is 12.8. The molecule has 1 aromatic rings. The average Bonchev–Trinajstić information content (AvgIpc) is 2.88. The van der Waals surface area contributed by atoms with Gasteiger partial charge in [0.1, 0.15) is 5.82 Å². The van der Waals surface area contributed by atoms with Crippen LogP contribution in [0.4, 0.5) is 5.13 Å². The lowest BCUT2D eigenvalue weighted by Crippen LogP contribution is -2.17. The van der Waals surface area contributed by atoms with Gasteiger partial charge >= 0.3 is 0 Å². The second-order valence-electron chi connectivity index (χ2n) is 5.13. The fourth-order valence-corrected chi connectivity index (χ4v) is 2.89. The fraction of sp³-hybridized carbons (Fsp3) is 0.833. The van der Waals surface area contributed by atoms with E-state index in [1.54, 1.807) is 7.11 Å². The Hall–Kier alpha value is -0.680. The van der Waals surface area contributed by atoms with E-state index in [1.165, 1.54) is 11.5 Å². The molecule has 2 unspecified atom stereocenters. The van der Waals surface area contributed by atoms with Crippen LogP contribution in [0.2, 0.25) is 0 Å². The van der Waals surface area contributed by atoms with E-state index in [0.29, 0.717) is 18.1 Å². The molecule has 5 heteroatoms. The van der Waals surface area contributed by atoms with Crippen molar-refractivity contribution >= 4 is 16.7 Å². The minimum absolute atomic E-state index is 0.413. The molecule has 1 heterocycles. The second kappa shape index (κ2) is 5.78. The molecular weight excluding hydrogens is 234 g/mol. The van der Waals surface area contributed by atoms with Gasteiger partial charge in [-0.1, -0.05) is 13.8 Å². The molecule has 1 aliphatic rings. The number of aromatic nitrogens is 2. The van der Waals surface area contributed by atoms with Crippen molar-refractivity contribution in [1.82, 2.24) is 9.36 Å². The van der Waals surface area contributed by atoms with Crippen LogP contribution >= 0.6 is 11.5 Å². The first-order chi connectivity index (χ1) is 8.17. The summed E-state index contributed by atoms with van der Waals surface area (Å²) in [4.78, 5) is 4.52. The SMILES string of the molecule is COC1CCC(Nc2nc(CC(C)C)ns2)C1. The van der Waals surface area contributed by atoms with E-state index in [2.05, 4.69) is 28.5 Å². The molecule has 0 saturated heterocycles. The number of hydrogen-bond acceptors (Lipinski definition) is 5. The van der Waals surface area contributed by atoms with Gasteiger partial charge in [0.25, 0.3) is 0 Å². The summed E-state index contributed by atoms with van der Waals surface area (Å²) in [5.41, 5.74) is 0. The molecule has 0 aliphatic heterocycles. The fourth-order valence-electron chi connectivity index (χ4n) is 2.22. The maximum atomic E-state index is 5.36. The molecule has 0 spiro atoms. The van der Waals surface area contributed by atoms with Crippen molar-refractivity contribution in [2.45, 2.75) is 51.7 Å².